The molecule has 174 valence electrons. The van der Waals surface area contributed by atoms with Crippen molar-refractivity contribution in [2.75, 3.05) is 24.2 Å². The van der Waals surface area contributed by atoms with Gasteiger partial charge in [-0.25, -0.2) is 17.2 Å². The topological polar surface area (TPSA) is 86.8 Å². The second kappa shape index (κ2) is 11.0. The van der Waals surface area contributed by atoms with Crippen LogP contribution in [0.3, 0.4) is 0 Å². The maximum absolute atomic E-state index is 14.1. The van der Waals surface area contributed by atoms with Gasteiger partial charge in [-0.05, 0) is 31.5 Å². The minimum absolute atomic E-state index is 0.0779. The van der Waals surface area contributed by atoms with Crippen LogP contribution >= 0.6 is 0 Å². The van der Waals surface area contributed by atoms with Crippen LogP contribution in [0.2, 0.25) is 0 Å². The normalized spacial score (nSPS) is 12.2. The number of benzene rings is 2. The predicted octanol–water partition coefficient (Wildman–Crippen LogP) is 2.67. The number of likely N-dealkylation sites (N-methyl/N-ethyl adjacent to an activating group) is 1. The van der Waals surface area contributed by atoms with Crippen molar-refractivity contribution in [3.8, 4) is 0 Å². The van der Waals surface area contributed by atoms with Gasteiger partial charge in [0.2, 0.25) is 21.8 Å². The Labute approximate surface area is 187 Å². The third kappa shape index (κ3) is 6.49. The molecule has 2 amide bonds. The van der Waals surface area contributed by atoms with E-state index in [1.807, 2.05) is 0 Å². The van der Waals surface area contributed by atoms with Crippen molar-refractivity contribution in [1.29, 1.82) is 0 Å². The summed E-state index contributed by atoms with van der Waals surface area (Å²) in [4.78, 5) is 26.3. The van der Waals surface area contributed by atoms with E-state index in [0.717, 1.165) is 16.6 Å². The fourth-order valence-electron chi connectivity index (χ4n) is 3.24. The van der Waals surface area contributed by atoms with Crippen LogP contribution in [0.15, 0.2) is 48.5 Å². The van der Waals surface area contributed by atoms with E-state index in [0.29, 0.717) is 0 Å². The van der Waals surface area contributed by atoms with E-state index in [4.69, 9.17) is 0 Å². The van der Waals surface area contributed by atoms with Crippen LogP contribution in [0.25, 0.3) is 0 Å². The van der Waals surface area contributed by atoms with Crippen LogP contribution in [0.1, 0.15) is 25.3 Å². The van der Waals surface area contributed by atoms with Crippen molar-refractivity contribution < 1.29 is 26.8 Å². The lowest BCUT2D eigenvalue weighted by atomic mass is 10.1. The van der Waals surface area contributed by atoms with Crippen molar-refractivity contribution >= 4 is 27.5 Å². The summed E-state index contributed by atoms with van der Waals surface area (Å²) in [5.41, 5.74) is 0.144. The van der Waals surface area contributed by atoms with Crippen LogP contribution in [0, 0.1) is 11.6 Å². The van der Waals surface area contributed by atoms with Crippen molar-refractivity contribution in [2.45, 2.75) is 32.4 Å². The van der Waals surface area contributed by atoms with Gasteiger partial charge in [0.25, 0.3) is 0 Å². The molecule has 0 aliphatic rings. The van der Waals surface area contributed by atoms with Gasteiger partial charge >= 0.3 is 0 Å². The number of halogens is 2. The van der Waals surface area contributed by atoms with Gasteiger partial charge in [-0.2, -0.15) is 0 Å². The van der Waals surface area contributed by atoms with Crippen molar-refractivity contribution in [1.82, 2.24) is 10.2 Å². The number of rotatable bonds is 10. The molecule has 0 radical (unpaired) electrons. The fraction of sp³-hybridized carbons (Fsp3) is 0.364. The quantitative estimate of drug-likeness (QED) is 0.582. The Bertz CT molecular complexity index is 1060. The first-order valence-electron chi connectivity index (χ1n) is 10.0. The van der Waals surface area contributed by atoms with E-state index in [1.165, 1.54) is 55.3 Å². The molecule has 2 aromatic carbocycles. The average molecular weight is 468 g/mol. The fourth-order valence-corrected chi connectivity index (χ4v) is 4.20. The predicted molar refractivity (Wildman–Crippen MR) is 118 cm³/mol. The van der Waals surface area contributed by atoms with Gasteiger partial charge < -0.3 is 10.2 Å². The number of anilines is 1. The van der Waals surface area contributed by atoms with Crippen molar-refractivity contribution in [2.24, 2.45) is 0 Å². The molecule has 10 heteroatoms. The minimum atomic E-state index is -3.79. The van der Waals surface area contributed by atoms with Gasteiger partial charge in [0, 0.05) is 32.1 Å². The third-order valence-corrected chi connectivity index (χ3v) is 6.17. The molecule has 1 atom stereocenters. The second-order valence-corrected chi connectivity index (χ2v) is 9.20. The monoisotopic (exact) mass is 467 g/mol. The number of carbonyl (C=O) groups excluding carboxylic acids is 2. The average Bonchev–Trinajstić information content (AvgIpc) is 2.75. The van der Waals surface area contributed by atoms with Crippen molar-refractivity contribution in [3.05, 3.63) is 65.7 Å². The molecule has 0 aliphatic heterocycles. The molecule has 0 aliphatic carbocycles. The molecule has 2 rings (SSSR count). The van der Waals surface area contributed by atoms with Gasteiger partial charge in [0.05, 0.1) is 11.9 Å². The molecule has 1 N–H and O–H groups in total. The lowest BCUT2D eigenvalue weighted by molar-refractivity contribution is -0.140. The summed E-state index contributed by atoms with van der Waals surface area (Å²) >= 11 is 0. The molecular weight excluding hydrogens is 440 g/mol. The van der Waals surface area contributed by atoms with Crippen LogP contribution in [-0.2, 0) is 26.2 Å². The molecule has 32 heavy (non-hydrogen) atoms. The highest BCUT2D eigenvalue weighted by atomic mass is 32.2. The Kier molecular flexibility index (Phi) is 8.71. The Morgan fingerprint density at radius 1 is 1.03 bits per heavy atom. The first kappa shape index (κ1) is 25.3. The number of hydrogen-bond donors (Lipinski definition) is 1. The van der Waals surface area contributed by atoms with E-state index in [2.05, 4.69) is 5.32 Å². The number of carbonyl (C=O) groups is 2. The summed E-state index contributed by atoms with van der Waals surface area (Å²) in [5, 5.41) is 2.47. The Morgan fingerprint density at radius 3 is 2.19 bits per heavy atom. The molecule has 1 unspecified atom stereocenters. The number of amides is 2. The molecule has 0 heterocycles. The standard InChI is InChI=1S/C22H27F2N3O4S/c1-16(22(29)25-2)26(15-17-9-4-5-10-18(17)23)21(28)13-8-14-27(32(3,30)31)20-12-7-6-11-19(20)24/h4-7,9-12,16H,8,13-15H2,1-3H3,(H,25,29). The first-order chi connectivity index (χ1) is 15.1. The maximum atomic E-state index is 14.1. The maximum Gasteiger partial charge on any atom is 0.242 e. The first-order valence-corrected chi connectivity index (χ1v) is 11.9. The SMILES string of the molecule is CNC(=O)C(C)N(Cc1ccccc1F)C(=O)CCCN(c1ccccc1F)S(C)(=O)=O. The van der Waals surface area contributed by atoms with Gasteiger partial charge in [-0.1, -0.05) is 30.3 Å². The van der Waals surface area contributed by atoms with Crippen LogP contribution in [0.4, 0.5) is 14.5 Å². The Morgan fingerprint density at radius 2 is 1.62 bits per heavy atom. The van der Waals surface area contributed by atoms with E-state index in [1.54, 1.807) is 6.07 Å². The summed E-state index contributed by atoms with van der Waals surface area (Å²) in [6.07, 6.45) is 0.921. The summed E-state index contributed by atoms with van der Waals surface area (Å²) < 4.78 is 53.5. The summed E-state index contributed by atoms with van der Waals surface area (Å²) in [7, 11) is -2.36. The lowest BCUT2D eigenvalue weighted by Gasteiger charge is -2.29. The number of sulfonamides is 1. The Hall–Kier alpha value is -3.01. The van der Waals surface area contributed by atoms with Gasteiger partial charge in [-0.15, -0.1) is 0 Å². The molecule has 0 bridgehead atoms. The summed E-state index contributed by atoms with van der Waals surface area (Å²) in [5.74, 6) is -2.07. The second-order valence-electron chi connectivity index (χ2n) is 7.29. The number of hydrogen-bond acceptors (Lipinski definition) is 4. The largest absolute Gasteiger partial charge is 0.357 e. The molecule has 0 spiro atoms. The van der Waals surface area contributed by atoms with Crippen LogP contribution in [-0.4, -0.2) is 51.0 Å². The van der Waals surface area contributed by atoms with Crippen LogP contribution < -0.4 is 9.62 Å². The lowest BCUT2D eigenvalue weighted by Crippen LogP contribution is -2.47. The number of nitrogens with one attached hydrogen (secondary N) is 1. The molecule has 2 aromatic rings. The zero-order chi connectivity index (χ0) is 23.9. The molecule has 7 nitrogen and oxygen atoms in total. The third-order valence-electron chi connectivity index (χ3n) is 4.99. The Balaban J connectivity index is 2.17. The van der Waals surface area contributed by atoms with E-state index in [9.17, 15) is 26.8 Å². The van der Waals surface area contributed by atoms with Gasteiger partial charge in [0.15, 0.2) is 0 Å². The molecule has 0 fully saturated rings. The van der Waals surface area contributed by atoms with E-state index < -0.39 is 39.5 Å². The summed E-state index contributed by atoms with van der Waals surface area (Å²) in [6.45, 7) is 1.27. The minimum Gasteiger partial charge on any atom is -0.357 e. The van der Waals surface area contributed by atoms with Gasteiger partial charge in [0.1, 0.15) is 17.7 Å². The zero-order valence-electron chi connectivity index (χ0n) is 18.2. The zero-order valence-corrected chi connectivity index (χ0v) is 19.0. The molecular formula is C22H27F2N3O4S. The molecule has 0 saturated carbocycles. The smallest absolute Gasteiger partial charge is 0.242 e. The highest BCUT2D eigenvalue weighted by Crippen LogP contribution is 2.22. The molecule has 0 aromatic heterocycles. The van der Waals surface area contributed by atoms with E-state index >= 15 is 0 Å². The highest BCUT2D eigenvalue weighted by Gasteiger charge is 2.27. The number of para-hydroxylation sites is 1. The molecule has 0 saturated heterocycles. The van der Waals surface area contributed by atoms with Crippen LogP contribution in [0.5, 0.6) is 0 Å². The number of nitrogens with zero attached hydrogens (tertiary/aromatic N) is 2. The highest BCUT2D eigenvalue weighted by molar-refractivity contribution is 7.92. The van der Waals surface area contributed by atoms with Gasteiger partial charge in [-0.3, -0.25) is 13.9 Å². The van der Waals surface area contributed by atoms with Crippen molar-refractivity contribution in [3.63, 3.8) is 0 Å². The summed E-state index contributed by atoms with van der Waals surface area (Å²) in [6, 6.07) is 10.5. The van der Waals surface area contributed by atoms with E-state index in [-0.39, 0.29) is 37.2 Å².